The fourth-order valence-corrected chi connectivity index (χ4v) is 4.18. The van der Waals surface area contributed by atoms with Crippen molar-refractivity contribution in [3.8, 4) is 0 Å². The normalized spacial score (nSPS) is 18.2. The molecule has 3 rings (SSSR count). The molecule has 2 aromatic carbocycles. The third kappa shape index (κ3) is 6.49. The molecule has 0 aromatic heterocycles. The van der Waals surface area contributed by atoms with Gasteiger partial charge in [0.15, 0.2) is 0 Å². The largest absolute Gasteiger partial charge is 0.493 e. The summed E-state index contributed by atoms with van der Waals surface area (Å²) in [6, 6.07) is 16.6. The Morgan fingerprint density at radius 2 is 1.38 bits per heavy atom. The highest BCUT2D eigenvalue weighted by atomic mass is 19.4. The Bertz CT molecular complexity index is 938. The number of nitrogens with zero attached hydrogens (tertiary/aromatic N) is 1. The van der Waals surface area contributed by atoms with Gasteiger partial charge in [-0.15, -0.1) is 0 Å². The molecule has 0 aliphatic carbocycles. The maximum atomic E-state index is 13.2. The topological polar surface area (TPSA) is 58.6 Å². The number of hydrogen-bond donors (Lipinski definition) is 1. The average molecular weight is 488 g/mol. The molecule has 1 amide bonds. The molecule has 0 spiro atoms. The lowest BCUT2D eigenvalue weighted by Crippen LogP contribution is -2.61. The van der Waals surface area contributed by atoms with E-state index in [4.69, 9.17) is 0 Å². The van der Waals surface area contributed by atoms with E-state index >= 15 is 0 Å². The van der Waals surface area contributed by atoms with Crippen LogP contribution in [0, 0.1) is 0 Å². The Hall–Kier alpha value is -3.08. The molecule has 2 aromatic rings. The van der Waals surface area contributed by atoms with Crippen molar-refractivity contribution < 1.29 is 40.8 Å². The number of rotatable bonds is 5. The third-order valence-corrected chi connectivity index (χ3v) is 5.56. The van der Waals surface area contributed by atoms with Crippen molar-refractivity contribution >= 4 is 11.9 Å². The van der Waals surface area contributed by atoms with Gasteiger partial charge < -0.3 is 10.2 Å². The molecule has 184 valence electrons. The lowest BCUT2D eigenvalue weighted by Gasteiger charge is -2.45. The minimum absolute atomic E-state index is 0.0928. The van der Waals surface area contributed by atoms with Gasteiger partial charge in [0.25, 0.3) is 0 Å². The van der Waals surface area contributed by atoms with E-state index in [9.17, 15) is 35.9 Å². The molecule has 1 N–H and O–H groups in total. The summed E-state index contributed by atoms with van der Waals surface area (Å²) in [5, 5.41) is 2.85. The summed E-state index contributed by atoms with van der Waals surface area (Å²) >= 11 is 0. The minimum Gasteiger partial charge on any atom is -0.329 e. The van der Waals surface area contributed by atoms with Crippen LogP contribution < -0.4 is 5.32 Å². The number of carbonyl (C=O) groups excluding carboxylic acids is 2. The van der Waals surface area contributed by atoms with Crippen LogP contribution in [0.1, 0.15) is 24.0 Å². The van der Waals surface area contributed by atoms with Gasteiger partial charge in [0.1, 0.15) is 0 Å². The third-order valence-electron chi connectivity index (χ3n) is 5.56. The van der Waals surface area contributed by atoms with Crippen molar-refractivity contribution in [2.45, 2.75) is 49.6 Å². The van der Waals surface area contributed by atoms with Crippen molar-refractivity contribution in [2.75, 3.05) is 6.54 Å². The lowest BCUT2D eigenvalue weighted by molar-refractivity contribution is -0.261. The Balaban J connectivity index is 1.95. The van der Waals surface area contributed by atoms with Crippen LogP contribution in [0.15, 0.2) is 60.7 Å². The van der Waals surface area contributed by atoms with E-state index in [2.05, 4.69) is 10.2 Å². The standard InChI is InChI=1S/C23H22F6N2O3/c24-22(25,26)19(32)31(34-20(33)23(27,28)29)18-11-12-30-21(15-18,13-16-7-3-1-4-8-16)14-17-9-5-2-6-10-17/h1-10,18,30H,11-15H2/t18-/m1/s1. The molecule has 0 saturated carbocycles. The fourth-order valence-electron chi connectivity index (χ4n) is 4.18. The summed E-state index contributed by atoms with van der Waals surface area (Å²) in [5.41, 5.74) is 0.764. The SMILES string of the molecule is O=C(ON(C(=O)C(F)(F)F)[C@@H]1CCNC(Cc2ccccc2)(Cc2ccccc2)C1)C(F)(F)F. The molecule has 1 fully saturated rings. The first kappa shape index (κ1) is 25.5. The zero-order valence-corrected chi connectivity index (χ0v) is 17.8. The summed E-state index contributed by atoms with van der Waals surface area (Å²) in [4.78, 5) is 27.4. The number of hydrogen-bond acceptors (Lipinski definition) is 4. The highest BCUT2D eigenvalue weighted by Crippen LogP contribution is 2.33. The van der Waals surface area contributed by atoms with E-state index < -0.39 is 40.9 Å². The van der Waals surface area contributed by atoms with Crippen molar-refractivity contribution in [3.63, 3.8) is 0 Å². The van der Waals surface area contributed by atoms with Crippen LogP contribution in [0.4, 0.5) is 26.3 Å². The van der Waals surface area contributed by atoms with E-state index in [1.807, 2.05) is 24.3 Å². The molecule has 5 nitrogen and oxygen atoms in total. The number of amides is 1. The van der Waals surface area contributed by atoms with Crippen molar-refractivity contribution in [1.82, 2.24) is 10.4 Å². The Labute approximate surface area is 191 Å². The maximum Gasteiger partial charge on any atom is 0.493 e. The quantitative estimate of drug-likeness (QED) is 0.502. The van der Waals surface area contributed by atoms with Gasteiger partial charge in [-0.25, -0.2) is 4.79 Å². The number of piperidine rings is 1. The summed E-state index contributed by atoms with van der Waals surface area (Å²) in [7, 11) is 0. The van der Waals surface area contributed by atoms with Crippen LogP contribution in [0.25, 0.3) is 0 Å². The number of nitrogens with one attached hydrogen (secondary N) is 1. The average Bonchev–Trinajstić information content (AvgIpc) is 2.77. The zero-order valence-electron chi connectivity index (χ0n) is 17.8. The van der Waals surface area contributed by atoms with Gasteiger partial charge in [-0.05, 0) is 43.4 Å². The molecule has 1 saturated heterocycles. The lowest BCUT2D eigenvalue weighted by atomic mass is 9.76. The molecule has 0 unspecified atom stereocenters. The molecule has 1 atom stereocenters. The van der Waals surface area contributed by atoms with Crippen LogP contribution in [0.2, 0.25) is 0 Å². The highest BCUT2D eigenvalue weighted by molar-refractivity contribution is 5.84. The summed E-state index contributed by atoms with van der Waals surface area (Å²) in [5.74, 6) is -5.55. The minimum atomic E-state index is -5.57. The highest BCUT2D eigenvalue weighted by Gasteiger charge is 2.52. The molecule has 11 heteroatoms. The zero-order chi connectivity index (χ0) is 25.0. The fraction of sp³-hybridized carbons (Fsp3) is 0.391. The first-order valence-electron chi connectivity index (χ1n) is 10.4. The van der Waals surface area contributed by atoms with Crippen LogP contribution in [0.3, 0.4) is 0 Å². The van der Waals surface area contributed by atoms with Crippen LogP contribution >= 0.6 is 0 Å². The van der Waals surface area contributed by atoms with E-state index in [0.717, 1.165) is 11.1 Å². The van der Waals surface area contributed by atoms with Gasteiger partial charge in [-0.3, -0.25) is 4.79 Å². The monoisotopic (exact) mass is 488 g/mol. The van der Waals surface area contributed by atoms with Crippen molar-refractivity contribution in [2.24, 2.45) is 0 Å². The molecule has 0 bridgehead atoms. The predicted octanol–water partition coefficient (Wildman–Crippen LogP) is 4.37. The second-order valence-corrected chi connectivity index (χ2v) is 8.18. The number of alkyl halides is 6. The van der Waals surface area contributed by atoms with Crippen LogP contribution in [0.5, 0.6) is 0 Å². The summed E-state index contributed by atoms with van der Waals surface area (Å²) in [6.45, 7) is 0.0928. The van der Waals surface area contributed by atoms with Gasteiger partial charge in [-0.1, -0.05) is 60.7 Å². The maximum absolute atomic E-state index is 13.2. The molecule has 1 aliphatic rings. The van der Waals surface area contributed by atoms with E-state index in [-0.39, 0.29) is 19.4 Å². The first-order valence-corrected chi connectivity index (χ1v) is 10.4. The van der Waals surface area contributed by atoms with Crippen LogP contribution in [-0.4, -0.2) is 47.4 Å². The number of halogens is 6. The molecule has 0 radical (unpaired) electrons. The van der Waals surface area contributed by atoms with Crippen LogP contribution in [-0.2, 0) is 27.3 Å². The number of benzene rings is 2. The smallest absolute Gasteiger partial charge is 0.329 e. The summed E-state index contributed by atoms with van der Waals surface area (Å²) < 4.78 is 77.9. The van der Waals surface area contributed by atoms with E-state index in [1.165, 1.54) is 0 Å². The van der Waals surface area contributed by atoms with Gasteiger partial charge >= 0.3 is 24.2 Å². The number of carbonyl (C=O) groups is 2. The molecule has 34 heavy (non-hydrogen) atoms. The Morgan fingerprint density at radius 3 is 1.82 bits per heavy atom. The van der Waals surface area contributed by atoms with E-state index in [1.54, 1.807) is 36.4 Å². The van der Waals surface area contributed by atoms with Gasteiger partial charge in [-0.2, -0.15) is 31.4 Å². The summed E-state index contributed by atoms with van der Waals surface area (Å²) in [6.07, 6.45) is -10.8. The molecular formula is C23H22F6N2O3. The van der Waals surface area contributed by atoms with Crippen molar-refractivity contribution in [1.29, 1.82) is 0 Å². The molecular weight excluding hydrogens is 466 g/mol. The first-order chi connectivity index (χ1) is 15.9. The molecule has 1 heterocycles. The molecule has 1 aliphatic heterocycles. The predicted molar refractivity (Wildman–Crippen MR) is 109 cm³/mol. The number of hydroxylamine groups is 2. The second-order valence-electron chi connectivity index (χ2n) is 8.18. The van der Waals surface area contributed by atoms with Gasteiger partial charge in [0, 0.05) is 5.54 Å². The second kappa shape index (κ2) is 10.0. The van der Waals surface area contributed by atoms with E-state index in [0.29, 0.717) is 12.8 Å². The van der Waals surface area contributed by atoms with Gasteiger partial charge in [0.2, 0.25) is 0 Å². The van der Waals surface area contributed by atoms with Crippen molar-refractivity contribution in [3.05, 3.63) is 71.8 Å². The Morgan fingerprint density at radius 1 is 0.882 bits per heavy atom. The Kier molecular flexibility index (Phi) is 7.54. The van der Waals surface area contributed by atoms with Gasteiger partial charge in [0.05, 0.1) is 6.04 Å².